The Morgan fingerprint density at radius 1 is 1.43 bits per heavy atom. The van der Waals surface area contributed by atoms with Crippen LogP contribution < -0.4 is 5.73 Å². The van der Waals surface area contributed by atoms with Gasteiger partial charge in [-0.1, -0.05) is 6.92 Å². The van der Waals surface area contributed by atoms with Crippen molar-refractivity contribution in [2.75, 3.05) is 26.3 Å². The van der Waals surface area contributed by atoms with E-state index in [1.54, 1.807) is 11.8 Å². The van der Waals surface area contributed by atoms with Crippen LogP contribution in [0.2, 0.25) is 0 Å². The zero-order chi connectivity index (χ0) is 10.6. The lowest BCUT2D eigenvalue weighted by molar-refractivity contribution is -0.133. The van der Waals surface area contributed by atoms with Crippen LogP contribution in [-0.2, 0) is 14.3 Å². The zero-order valence-corrected chi connectivity index (χ0v) is 8.23. The molecule has 1 saturated heterocycles. The smallest absolute Gasteiger partial charge is 0.227 e. The molecule has 1 atom stereocenters. The number of ether oxygens (including phenoxy) is 1. The van der Waals surface area contributed by atoms with Gasteiger partial charge in [-0.25, -0.2) is 0 Å². The number of hydrogen-bond acceptors (Lipinski definition) is 3. The number of carbonyl (C=O) groups excluding carboxylic acids is 2. The SMILES string of the molecule is C[C@H]([CH]C(=O)N1CCOCC1)C(N)=O. The average Bonchev–Trinajstić information content (AvgIpc) is 2.19. The summed E-state index contributed by atoms with van der Waals surface area (Å²) in [5.74, 6) is -1.13. The van der Waals surface area contributed by atoms with Gasteiger partial charge in [-0.15, -0.1) is 0 Å². The minimum absolute atomic E-state index is 0.139. The van der Waals surface area contributed by atoms with Gasteiger partial charge in [0.2, 0.25) is 11.8 Å². The maximum Gasteiger partial charge on any atom is 0.227 e. The van der Waals surface area contributed by atoms with Crippen molar-refractivity contribution in [1.82, 2.24) is 4.90 Å². The molecule has 0 unspecified atom stereocenters. The molecule has 0 bridgehead atoms. The summed E-state index contributed by atoms with van der Waals surface area (Å²) in [6, 6.07) is 0. The molecule has 14 heavy (non-hydrogen) atoms. The molecule has 79 valence electrons. The van der Waals surface area contributed by atoms with E-state index in [1.165, 1.54) is 6.42 Å². The van der Waals surface area contributed by atoms with Crippen molar-refractivity contribution in [1.29, 1.82) is 0 Å². The van der Waals surface area contributed by atoms with Gasteiger partial charge in [0.15, 0.2) is 0 Å². The highest BCUT2D eigenvalue weighted by Crippen LogP contribution is 2.05. The van der Waals surface area contributed by atoms with E-state index in [-0.39, 0.29) is 5.91 Å². The van der Waals surface area contributed by atoms with Crippen LogP contribution in [0.15, 0.2) is 0 Å². The highest BCUT2D eigenvalue weighted by molar-refractivity contribution is 5.91. The molecule has 0 aromatic carbocycles. The van der Waals surface area contributed by atoms with Gasteiger partial charge in [0.05, 0.1) is 19.6 Å². The first-order chi connectivity index (χ1) is 6.61. The van der Waals surface area contributed by atoms with E-state index in [0.717, 1.165) is 0 Å². The van der Waals surface area contributed by atoms with E-state index in [4.69, 9.17) is 10.5 Å². The molecule has 0 aliphatic carbocycles. The first-order valence-electron chi connectivity index (χ1n) is 4.62. The molecule has 5 nitrogen and oxygen atoms in total. The fourth-order valence-electron chi connectivity index (χ4n) is 1.19. The third kappa shape index (κ3) is 2.99. The second-order valence-electron chi connectivity index (χ2n) is 3.30. The van der Waals surface area contributed by atoms with Crippen molar-refractivity contribution in [3.05, 3.63) is 6.42 Å². The third-order valence-corrected chi connectivity index (χ3v) is 2.16. The second kappa shape index (κ2) is 4.95. The lowest BCUT2D eigenvalue weighted by Crippen LogP contribution is -2.42. The van der Waals surface area contributed by atoms with Crippen molar-refractivity contribution in [3.63, 3.8) is 0 Å². The highest BCUT2D eigenvalue weighted by Gasteiger charge is 2.21. The largest absolute Gasteiger partial charge is 0.378 e. The summed E-state index contributed by atoms with van der Waals surface area (Å²) < 4.78 is 5.10. The number of hydrogen-bond donors (Lipinski definition) is 1. The van der Waals surface area contributed by atoms with Gasteiger partial charge in [-0.05, 0) is 0 Å². The van der Waals surface area contributed by atoms with E-state index in [0.29, 0.717) is 26.3 Å². The van der Waals surface area contributed by atoms with Crippen LogP contribution in [0.25, 0.3) is 0 Å². The van der Waals surface area contributed by atoms with Crippen molar-refractivity contribution in [3.8, 4) is 0 Å². The number of morpholine rings is 1. The maximum absolute atomic E-state index is 11.5. The van der Waals surface area contributed by atoms with Crippen LogP contribution in [-0.4, -0.2) is 43.0 Å². The van der Waals surface area contributed by atoms with Crippen molar-refractivity contribution >= 4 is 11.8 Å². The Labute approximate surface area is 83.2 Å². The van der Waals surface area contributed by atoms with Crippen molar-refractivity contribution < 1.29 is 14.3 Å². The Morgan fingerprint density at radius 2 is 2.00 bits per heavy atom. The standard InChI is InChI=1S/C9H15N2O3/c1-7(9(10)13)6-8(12)11-2-4-14-5-3-11/h6-7H,2-5H2,1H3,(H2,10,13)/t7-/m1/s1. The van der Waals surface area contributed by atoms with E-state index in [1.807, 2.05) is 0 Å². The molecule has 1 heterocycles. The molecule has 2 N–H and O–H groups in total. The summed E-state index contributed by atoms with van der Waals surface area (Å²) in [5, 5.41) is 0. The number of carbonyl (C=O) groups is 2. The van der Waals surface area contributed by atoms with Crippen molar-refractivity contribution in [2.45, 2.75) is 6.92 Å². The first-order valence-corrected chi connectivity index (χ1v) is 4.62. The van der Waals surface area contributed by atoms with E-state index in [2.05, 4.69) is 0 Å². The number of primary amides is 1. The summed E-state index contributed by atoms with van der Waals surface area (Å²) in [6.07, 6.45) is 1.35. The average molecular weight is 199 g/mol. The molecule has 2 amide bonds. The van der Waals surface area contributed by atoms with Gasteiger partial charge in [0, 0.05) is 19.0 Å². The fourth-order valence-corrected chi connectivity index (χ4v) is 1.19. The predicted molar refractivity (Wildman–Crippen MR) is 50.1 cm³/mol. The molecular weight excluding hydrogens is 184 g/mol. The molecule has 1 radical (unpaired) electrons. The molecule has 0 spiro atoms. The monoisotopic (exact) mass is 199 g/mol. The van der Waals surface area contributed by atoms with Gasteiger partial charge in [-0.3, -0.25) is 9.59 Å². The van der Waals surface area contributed by atoms with E-state index in [9.17, 15) is 9.59 Å². The van der Waals surface area contributed by atoms with Crippen LogP contribution in [0.3, 0.4) is 0 Å². The molecule has 1 rings (SSSR count). The molecule has 1 fully saturated rings. The molecule has 1 aliphatic heterocycles. The molecule has 0 aromatic heterocycles. The van der Waals surface area contributed by atoms with Crippen LogP contribution >= 0.6 is 0 Å². The van der Waals surface area contributed by atoms with E-state index < -0.39 is 11.8 Å². The summed E-state index contributed by atoms with van der Waals surface area (Å²) in [4.78, 5) is 23.9. The zero-order valence-electron chi connectivity index (χ0n) is 8.23. The minimum atomic E-state index is -0.509. The Kier molecular flexibility index (Phi) is 3.88. The van der Waals surface area contributed by atoms with Crippen LogP contribution in [0.4, 0.5) is 0 Å². The minimum Gasteiger partial charge on any atom is -0.378 e. The Balaban J connectivity index is 2.36. The summed E-state index contributed by atoms with van der Waals surface area (Å²) in [5.41, 5.74) is 5.05. The van der Waals surface area contributed by atoms with E-state index >= 15 is 0 Å². The highest BCUT2D eigenvalue weighted by atomic mass is 16.5. The third-order valence-electron chi connectivity index (χ3n) is 2.16. The van der Waals surface area contributed by atoms with Gasteiger partial charge in [0.1, 0.15) is 0 Å². The van der Waals surface area contributed by atoms with Crippen LogP contribution in [0, 0.1) is 12.3 Å². The number of amides is 2. The topological polar surface area (TPSA) is 72.6 Å². The van der Waals surface area contributed by atoms with Gasteiger partial charge < -0.3 is 15.4 Å². The Bertz CT molecular complexity index is 224. The van der Waals surface area contributed by atoms with Crippen LogP contribution in [0.1, 0.15) is 6.92 Å². The maximum atomic E-state index is 11.5. The molecule has 0 aromatic rings. The molecule has 0 saturated carbocycles. The Hall–Kier alpha value is -1.10. The number of rotatable bonds is 3. The lowest BCUT2D eigenvalue weighted by Gasteiger charge is -2.27. The molecular formula is C9H15N2O3. The van der Waals surface area contributed by atoms with Gasteiger partial charge in [-0.2, -0.15) is 0 Å². The van der Waals surface area contributed by atoms with Crippen LogP contribution in [0.5, 0.6) is 0 Å². The quantitative estimate of drug-likeness (QED) is 0.645. The lowest BCUT2D eigenvalue weighted by atomic mass is 10.1. The van der Waals surface area contributed by atoms with Gasteiger partial charge >= 0.3 is 0 Å². The second-order valence-corrected chi connectivity index (χ2v) is 3.30. The number of nitrogens with zero attached hydrogens (tertiary/aromatic N) is 1. The van der Waals surface area contributed by atoms with Crippen molar-refractivity contribution in [2.24, 2.45) is 11.7 Å². The summed E-state index contributed by atoms with van der Waals surface area (Å²) in [6.45, 7) is 3.90. The predicted octanol–water partition coefficient (Wildman–Crippen LogP) is -0.829. The number of nitrogens with two attached hydrogens (primary N) is 1. The fraction of sp³-hybridized carbons (Fsp3) is 0.667. The summed E-state index contributed by atoms with van der Waals surface area (Å²) in [7, 11) is 0. The normalized spacial score (nSPS) is 19.1. The van der Waals surface area contributed by atoms with Gasteiger partial charge in [0.25, 0.3) is 0 Å². The Morgan fingerprint density at radius 3 is 2.50 bits per heavy atom. The summed E-state index contributed by atoms with van der Waals surface area (Å²) >= 11 is 0. The molecule has 5 heteroatoms. The first kappa shape index (κ1) is 11.0. The molecule has 1 aliphatic rings.